The van der Waals surface area contributed by atoms with Crippen LogP contribution < -0.4 is 29.6 Å². The summed E-state index contributed by atoms with van der Waals surface area (Å²) in [6.45, 7) is 0. The molecule has 0 aliphatic heterocycles. The van der Waals surface area contributed by atoms with Gasteiger partial charge in [-0.3, -0.25) is 9.59 Å². The Hall–Kier alpha value is -0.390. The molecule has 0 atom stereocenters. The maximum atomic E-state index is 10.4. The first-order chi connectivity index (χ1) is 5.54. The summed E-state index contributed by atoms with van der Waals surface area (Å²) in [6.07, 6.45) is 0.557. The van der Waals surface area contributed by atoms with Crippen LogP contribution in [0.3, 0.4) is 0 Å². The topological polar surface area (TPSA) is 91.7 Å². The van der Waals surface area contributed by atoms with Crippen LogP contribution in [0.4, 0.5) is 0 Å². The van der Waals surface area contributed by atoms with E-state index in [9.17, 15) is 14.4 Å². The van der Waals surface area contributed by atoms with Gasteiger partial charge in [0.25, 0.3) is 0 Å². The third kappa shape index (κ3) is 9.52. The van der Waals surface area contributed by atoms with Gasteiger partial charge in [0.05, 0.1) is 0 Å². The van der Waals surface area contributed by atoms with Crippen LogP contribution in [0.2, 0.25) is 0 Å². The Balaban J connectivity index is -0.000000605. The Labute approximate surface area is 98.9 Å². The van der Waals surface area contributed by atoms with Gasteiger partial charge in [-0.05, 0) is 12.8 Å². The SMILES string of the molecule is O=C(O)CCCCC(=O)C(=O)O.[H-].[Na+]. The smallest absolute Gasteiger partial charge is 1.00 e. The van der Waals surface area contributed by atoms with Gasteiger partial charge < -0.3 is 11.6 Å². The van der Waals surface area contributed by atoms with Crippen LogP contribution in [0.25, 0.3) is 0 Å². The zero-order chi connectivity index (χ0) is 9.56. The fourth-order valence-electron chi connectivity index (χ4n) is 0.669. The standard InChI is InChI=1S/C7H10O5.Na.H/c8-5(7(11)12)3-1-2-4-6(9)10;;/h1-4H2,(H,9,10)(H,11,12);;/q;+1;-1. The van der Waals surface area contributed by atoms with Crippen LogP contribution in [0.5, 0.6) is 0 Å². The fraction of sp³-hybridized carbons (Fsp3) is 0.571. The molecule has 0 unspecified atom stereocenters. The molecule has 0 spiro atoms. The van der Waals surface area contributed by atoms with Crippen LogP contribution in [0.15, 0.2) is 0 Å². The minimum atomic E-state index is -1.45. The quantitative estimate of drug-likeness (QED) is 0.277. The average Bonchev–Trinajstić information content (AvgIpc) is 1.97. The van der Waals surface area contributed by atoms with Gasteiger partial charge in [0, 0.05) is 12.8 Å². The Morgan fingerprint density at radius 2 is 1.46 bits per heavy atom. The van der Waals surface area contributed by atoms with E-state index in [2.05, 4.69) is 0 Å². The fourth-order valence-corrected chi connectivity index (χ4v) is 0.669. The van der Waals surface area contributed by atoms with Crippen LogP contribution in [0, 0.1) is 0 Å². The van der Waals surface area contributed by atoms with E-state index in [1.165, 1.54) is 0 Å². The number of carboxylic acid groups (broad SMARTS) is 2. The van der Waals surface area contributed by atoms with Crippen molar-refractivity contribution in [2.45, 2.75) is 25.7 Å². The molecule has 0 aromatic carbocycles. The summed E-state index contributed by atoms with van der Waals surface area (Å²) in [6, 6.07) is 0. The molecule has 0 radical (unpaired) electrons. The summed E-state index contributed by atoms with van der Waals surface area (Å²) in [5.74, 6) is -3.25. The number of hydrogen-bond donors (Lipinski definition) is 2. The second kappa shape index (κ2) is 8.22. The molecule has 0 saturated carbocycles. The van der Waals surface area contributed by atoms with Crippen LogP contribution in [0.1, 0.15) is 27.1 Å². The Kier molecular flexibility index (Phi) is 9.55. The Morgan fingerprint density at radius 1 is 1.00 bits per heavy atom. The molecule has 0 amide bonds. The number of aliphatic carboxylic acids is 2. The summed E-state index contributed by atoms with van der Waals surface area (Å²) >= 11 is 0. The van der Waals surface area contributed by atoms with Gasteiger partial charge in [0.1, 0.15) is 0 Å². The molecular weight excluding hydrogens is 187 g/mol. The Bertz CT molecular complexity index is 206. The summed E-state index contributed by atoms with van der Waals surface area (Å²) in [5.41, 5.74) is 0. The predicted molar refractivity (Wildman–Crippen MR) is 39.9 cm³/mol. The van der Waals surface area contributed by atoms with E-state index in [1.54, 1.807) is 0 Å². The third-order valence-electron chi connectivity index (χ3n) is 1.28. The van der Waals surface area contributed by atoms with Crippen molar-refractivity contribution in [1.29, 1.82) is 0 Å². The van der Waals surface area contributed by atoms with E-state index >= 15 is 0 Å². The molecule has 13 heavy (non-hydrogen) atoms. The summed E-state index contributed by atoms with van der Waals surface area (Å²) in [4.78, 5) is 30.4. The van der Waals surface area contributed by atoms with Crippen LogP contribution >= 0.6 is 0 Å². The van der Waals surface area contributed by atoms with Gasteiger partial charge in [0.15, 0.2) is 0 Å². The van der Waals surface area contributed by atoms with Crippen LogP contribution in [-0.4, -0.2) is 27.9 Å². The second-order valence-corrected chi connectivity index (χ2v) is 2.33. The monoisotopic (exact) mass is 198 g/mol. The van der Waals surface area contributed by atoms with Crippen molar-refractivity contribution in [3.63, 3.8) is 0 Å². The molecule has 70 valence electrons. The number of rotatable bonds is 6. The first-order valence-corrected chi connectivity index (χ1v) is 3.52. The minimum Gasteiger partial charge on any atom is -1.00 e. The van der Waals surface area contributed by atoms with Gasteiger partial charge in [-0.1, -0.05) is 0 Å². The summed E-state index contributed by atoms with van der Waals surface area (Å²) in [7, 11) is 0. The van der Waals surface area contributed by atoms with E-state index in [1.807, 2.05) is 0 Å². The van der Waals surface area contributed by atoms with Crippen molar-refractivity contribution in [2.24, 2.45) is 0 Å². The first-order valence-electron chi connectivity index (χ1n) is 3.52. The largest absolute Gasteiger partial charge is 1.00 e. The number of unbranched alkanes of at least 4 members (excludes halogenated alkanes) is 1. The molecule has 0 aromatic heterocycles. The van der Waals surface area contributed by atoms with E-state index in [0.717, 1.165) is 0 Å². The molecule has 5 nitrogen and oxygen atoms in total. The van der Waals surface area contributed by atoms with Gasteiger partial charge in [-0.15, -0.1) is 0 Å². The maximum Gasteiger partial charge on any atom is 1.00 e. The van der Waals surface area contributed by atoms with Crippen molar-refractivity contribution < 1.29 is 55.6 Å². The number of hydrogen-bond acceptors (Lipinski definition) is 3. The molecule has 6 heteroatoms. The average molecular weight is 198 g/mol. The van der Waals surface area contributed by atoms with Crippen molar-refractivity contribution in [3.8, 4) is 0 Å². The van der Waals surface area contributed by atoms with Gasteiger partial charge in [-0.25, -0.2) is 4.79 Å². The normalized spacial score (nSPS) is 8.62. The summed E-state index contributed by atoms with van der Waals surface area (Å²) < 4.78 is 0. The molecule has 0 aliphatic carbocycles. The number of Topliss-reactive ketones (excluding diaryl/α,β-unsaturated/α-hetero) is 1. The van der Waals surface area contributed by atoms with E-state index in [0.29, 0.717) is 12.8 Å². The number of carboxylic acids is 2. The first kappa shape index (κ1) is 15.1. The van der Waals surface area contributed by atoms with Crippen LogP contribution in [-0.2, 0) is 14.4 Å². The molecule has 0 aliphatic rings. The third-order valence-corrected chi connectivity index (χ3v) is 1.28. The molecule has 0 aromatic rings. The number of ketones is 1. The maximum absolute atomic E-state index is 10.4. The van der Waals surface area contributed by atoms with E-state index < -0.39 is 17.7 Å². The number of carbonyl (C=O) groups is 3. The summed E-state index contributed by atoms with van der Waals surface area (Å²) in [5, 5.41) is 16.3. The molecular formula is C7H11NaO5. The zero-order valence-electron chi connectivity index (χ0n) is 8.45. The van der Waals surface area contributed by atoms with Crippen molar-refractivity contribution in [1.82, 2.24) is 0 Å². The molecule has 0 saturated heterocycles. The second-order valence-electron chi connectivity index (χ2n) is 2.33. The molecule has 0 rings (SSSR count). The molecule has 0 bridgehead atoms. The van der Waals surface area contributed by atoms with E-state index in [-0.39, 0.29) is 43.8 Å². The van der Waals surface area contributed by atoms with Crippen molar-refractivity contribution in [3.05, 3.63) is 0 Å². The van der Waals surface area contributed by atoms with Crippen molar-refractivity contribution in [2.75, 3.05) is 0 Å². The molecule has 2 N–H and O–H groups in total. The van der Waals surface area contributed by atoms with E-state index in [4.69, 9.17) is 10.2 Å². The van der Waals surface area contributed by atoms with Gasteiger partial charge in [0.2, 0.25) is 5.78 Å². The minimum absolute atomic E-state index is 0. The van der Waals surface area contributed by atoms with Crippen molar-refractivity contribution >= 4 is 17.7 Å². The van der Waals surface area contributed by atoms with Gasteiger partial charge >= 0.3 is 41.5 Å². The predicted octanol–water partition coefficient (Wildman–Crippen LogP) is -2.60. The van der Waals surface area contributed by atoms with Gasteiger partial charge in [-0.2, -0.15) is 0 Å². The zero-order valence-corrected chi connectivity index (χ0v) is 9.45. The molecule has 0 fully saturated rings. The Morgan fingerprint density at radius 3 is 1.85 bits per heavy atom. The molecule has 0 heterocycles. The number of carbonyl (C=O) groups excluding carboxylic acids is 1.